The monoisotopic (exact) mass is 491 g/mol. The first-order chi connectivity index (χ1) is 16.0. The van der Waals surface area contributed by atoms with Crippen molar-refractivity contribution in [2.75, 3.05) is 5.32 Å². The fraction of sp³-hybridized carbons (Fsp3) is 0.391. The Morgan fingerprint density at radius 3 is 2.68 bits per heavy atom. The van der Waals surface area contributed by atoms with Crippen molar-refractivity contribution in [2.45, 2.75) is 50.8 Å². The maximum atomic E-state index is 13.0. The molecule has 4 rings (SSSR count). The number of aliphatic hydroxyl groups is 1. The molecule has 1 aromatic carbocycles. The van der Waals surface area contributed by atoms with Crippen molar-refractivity contribution < 1.29 is 23.1 Å². The highest BCUT2D eigenvalue weighted by molar-refractivity contribution is 7.10. The molecule has 0 radical (unpaired) electrons. The van der Waals surface area contributed by atoms with Crippen LogP contribution in [0.25, 0.3) is 11.3 Å². The Morgan fingerprint density at radius 1 is 1.26 bits per heavy atom. The van der Waals surface area contributed by atoms with Crippen molar-refractivity contribution in [1.29, 1.82) is 0 Å². The summed E-state index contributed by atoms with van der Waals surface area (Å²) in [4.78, 5) is 23.3. The second-order valence-electron chi connectivity index (χ2n) is 8.66. The lowest BCUT2D eigenvalue weighted by Gasteiger charge is -2.34. The van der Waals surface area contributed by atoms with Crippen LogP contribution in [-0.4, -0.2) is 26.0 Å². The molecule has 34 heavy (non-hydrogen) atoms. The average Bonchev–Trinajstić information content (AvgIpc) is 3.26. The zero-order valence-corrected chi connectivity index (χ0v) is 19.2. The fourth-order valence-electron chi connectivity index (χ4n) is 4.19. The van der Waals surface area contributed by atoms with Crippen molar-refractivity contribution in [2.24, 2.45) is 11.7 Å². The number of thiazole rings is 1. The zero-order chi connectivity index (χ0) is 24.5. The molecule has 4 N–H and O–H groups in total. The van der Waals surface area contributed by atoms with Crippen molar-refractivity contribution in [3.63, 3.8) is 0 Å². The van der Waals surface area contributed by atoms with Gasteiger partial charge >= 0.3 is 6.18 Å². The summed E-state index contributed by atoms with van der Waals surface area (Å²) >= 11 is 1.36. The van der Waals surface area contributed by atoms with Crippen molar-refractivity contribution in [3.8, 4) is 11.3 Å². The molecule has 1 aliphatic rings. The minimum atomic E-state index is -4.56. The molecule has 2 heterocycles. The van der Waals surface area contributed by atoms with E-state index in [-0.39, 0.29) is 17.8 Å². The Labute approximate surface area is 198 Å². The lowest BCUT2D eigenvalue weighted by Crippen LogP contribution is -2.32. The number of benzene rings is 1. The Kier molecular flexibility index (Phi) is 6.59. The van der Waals surface area contributed by atoms with Gasteiger partial charge in [0.15, 0.2) is 0 Å². The van der Waals surface area contributed by atoms with E-state index in [2.05, 4.69) is 20.3 Å². The topological polar surface area (TPSA) is 114 Å². The second-order valence-corrected chi connectivity index (χ2v) is 9.52. The first-order valence-electron chi connectivity index (χ1n) is 10.8. The van der Waals surface area contributed by atoms with E-state index in [0.29, 0.717) is 48.5 Å². The number of aromatic nitrogens is 3. The number of carbonyl (C=O) groups is 1. The molecule has 1 amide bonds. The Balaban J connectivity index is 1.53. The van der Waals surface area contributed by atoms with Crippen LogP contribution in [0, 0.1) is 12.8 Å². The van der Waals surface area contributed by atoms with Gasteiger partial charge in [-0.15, -0.1) is 11.3 Å². The summed E-state index contributed by atoms with van der Waals surface area (Å²) in [6.07, 6.45) is -0.772. The van der Waals surface area contributed by atoms with Gasteiger partial charge in [-0.2, -0.15) is 13.2 Å². The number of aryl methyl sites for hydroxylation is 1. The molecule has 0 saturated heterocycles. The van der Waals surface area contributed by atoms with Crippen molar-refractivity contribution in [3.05, 3.63) is 52.1 Å². The lowest BCUT2D eigenvalue weighted by atomic mass is 9.78. The van der Waals surface area contributed by atoms with E-state index < -0.39 is 17.5 Å². The highest BCUT2D eigenvalue weighted by atomic mass is 32.1. The standard InChI is InChI=1S/C23H24F3N5O2S/c1-13-8-15(11-16(9-13)29-21-28-7-4-18(31-21)23(24,25)26)17-12-34-20(30-17)22(33)5-2-14(3-6-22)10-19(27)32/h4,7-9,11-12,14,33H,2-3,5-6,10H2,1H3,(H2,27,32)(H,28,29,31)/t14-,22-. The quantitative estimate of drug-likeness (QED) is 0.451. The number of hydrogen-bond acceptors (Lipinski definition) is 7. The highest BCUT2D eigenvalue weighted by Crippen LogP contribution is 2.42. The minimum absolute atomic E-state index is 0.160. The average molecular weight is 492 g/mol. The predicted octanol–water partition coefficient (Wildman–Crippen LogP) is 4.92. The Hall–Kier alpha value is -3.05. The molecule has 1 aliphatic carbocycles. The fourth-order valence-corrected chi connectivity index (χ4v) is 5.17. The number of anilines is 2. The third-order valence-corrected chi connectivity index (χ3v) is 6.94. The van der Waals surface area contributed by atoms with Gasteiger partial charge < -0.3 is 16.2 Å². The second kappa shape index (κ2) is 9.30. The van der Waals surface area contributed by atoms with Crippen molar-refractivity contribution >= 4 is 28.9 Å². The number of halogens is 3. The summed E-state index contributed by atoms with van der Waals surface area (Å²) in [5.74, 6) is -0.306. The zero-order valence-electron chi connectivity index (χ0n) is 18.4. The first kappa shape index (κ1) is 24.1. The summed E-state index contributed by atoms with van der Waals surface area (Å²) in [5.41, 5.74) is 6.02. The third kappa shape index (κ3) is 5.53. The van der Waals surface area contributed by atoms with Crippen LogP contribution in [0.4, 0.5) is 24.8 Å². The van der Waals surface area contributed by atoms with E-state index in [0.717, 1.165) is 23.4 Å². The van der Waals surface area contributed by atoms with Gasteiger partial charge in [0.25, 0.3) is 0 Å². The molecular weight excluding hydrogens is 467 g/mol. The van der Waals surface area contributed by atoms with Gasteiger partial charge in [-0.1, -0.05) is 0 Å². The molecule has 0 spiro atoms. The van der Waals surface area contributed by atoms with Gasteiger partial charge in [0, 0.05) is 29.2 Å². The summed E-state index contributed by atoms with van der Waals surface area (Å²) < 4.78 is 38.9. The molecule has 7 nitrogen and oxygen atoms in total. The largest absolute Gasteiger partial charge is 0.433 e. The van der Waals surface area contributed by atoms with Gasteiger partial charge in [-0.3, -0.25) is 4.79 Å². The van der Waals surface area contributed by atoms with Crippen LogP contribution < -0.4 is 11.1 Å². The third-order valence-electron chi connectivity index (χ3n) is 5.90. The van der Waals surface area contributed by atoms with Gasteiger partial charge in [-0.25, -0.2) is 15.0 Å². The van der Waals surface area contributed by atoms with Gasteiger partial charge in [0.2, 0.25) is 11.9 Å². The van der Waals surface area contributed by atoms with E-state index in [1.165, 1.54) is 11.3 Å². The Bertz CT molecular complexity index is 1190. The summed E-state index contributed by atoms with van der Waals surface area (Å²) in [5, 5.41) is 16.5. The molecule has 0 unspecified atom stereocenters. The van der Waals surface area contributed by atoms with Gasteiger partial charge in [0.1, 0.15) is 16.3 Å². The molecule has 1 fully saturated rings. The maximum Gasteiger partial charge on any atom is 0.433 e. The normalized spacial score (nSPS) is 20.8. The minimum Gasteiger partial charge on any atom is -0.383 e. The number of hydrogen-bond donors (Lipinski definition) is 3. The summed E-state index contributed by atoms with van der Waals surface area (Å²) in [6.45, 7) is 1.86. The van der Waals surface area contributed by atoms with Crippen LogP contribution in [0.3, 0.4) is 0 Å². The van der Waals surface area contributed by atoms with E-state index in [4.69, 9.17) is 5.73 Å². The number of alkyl halides is 3. The highest BCUT2D eigenvalue weighted by Gasteiger charge is 2.37. The van der Waals surface area contributed by atoms with Crippen molar-refractivity contribution in [1.82, 2.24) is 15.0 Å². The first-order valence-corrected chi connectivity index (χ1v) is 11.7. The molecule has 1 saturated carbocycles. The summed E-state index contributed by atoms with van der Waals surface area (Å²) in [7, 11) is 0. The summed E-state index contributed by atoms with van der Waals surface area (Å²) in [6, 6.07) is 6.25. The number of nitrogens with one attached hydrogen (secondary N) is 1. The van der Waals surface area contributed by atoms with E-state index in [1.807, 2.05) is 18.4 Å². The van der Waals surface area contributed by atoms with Gasteiger partial charge in [-0.05, 0) is 68.4 Å². The van der Waals surface area contributed by atoms with E-state index in [9.17, 15) is 23.1 Å². The predicted molar refractivity (Wildman–Crippen MR) is 122 cm³/mol. The van der Waals surface area contributed by atoms with Crippen LogP contribution in [0.15, 0.2) is 35.8 Å². The number of nitrogens with two attached hydrogens (primary N) is 1. The maximum absolute atomic E-state index is 13.0. The number of rotatable bonds is 6. The van der Waals surface area contributed by atoms with Crippen LogP contribution in [0.1, 0.15) is 48.4 Å². The van der Waals surface area contributed by atoms with Crippen LogP contribution >= 0.6 is 11.3 Å². The molecule has 180 valence electrons. The smallest absolute Gasteiger partial charge is 0.383 e. The van der Waals surface area contributed by atoms with Crippen LogP contribution in [0.5, 0.6) is 0 Å². The molecule has 2 aromatic heterocycles. The SMILES string of the molecule is Cc1cc(Nc2nccc(C(F)(F)F)n2)cc(-c2csc([C@]3(O)CC[C@H](CC(N)=O)CC3)n2)c1. The van der Waals surface area contributed by atoms with E-state index >= 15 is 0 Å². The number of carbonyl (C=O) groups excluding carboxylic acids is 1. The number of primary amides is 1. The molecule has 0 bridgehead atoms. The molecule has 3 aromatic rings. The molecule has 11 heteroatoms. The number of amides is 1. The number of nitrogens with zero attached hydrogens (tertiary/aromatic N) is 3. The molecular formula is C23H24F3N5O2S. The molecule has 0 aliphatic heterocycles. The molecule has 0 atom stereocenters. The van der Waals surface area contributed by atoms with Crippen LogP contribution in [-0.2, 0) is 16.6 Å². The lowest BCUT2D eigenvalue weighted by molar-refractivity contribution is -0.141. The van der Waals surface area contributed by atoms with Crippen LogP contribution in [0.2, 0.25) is 0 Å². The van der Waals surface area contributed by atoms with Gasteiger partial charge in [0.05, 0.1) is 5.69 Å². The Morgan fingerprint density at radius 2 is 2.00 bits per heavy atom. The van der Waals surface area contributed by atoms with E-state index in [1.54, 1.807) is 12.1 Å².